The monoisotopic (exact) mass is 343 g/mol. The van der Waals surface area contributed by atoms with E-state index >= 15 is 0 Å². The van der Waals surface area contributed by atoms with E-state index in [1.807, 2.05) is 30.3 Å². The van der Waals surface area contributed by atoms with Crippen molar-refractivity contribution in [2.75, 3.05) is 4.72 Å². The molecule has 2 heterocycles. The molecule has 0 bridgehead atoms. The van der Waals surface area contributed by atoms with Gasteiger partial charge in [-0.3, -0.25) is 0 Å². The number of nitrogens with one attached hydrogen (secondary N) is 1. The number of anilines is 1. The summed E-state index contributed by atoms with van der Waals surface area (Å²) in [6.07, 6.45) is 1.51. The first kappa shape index (κ1) is 16.1. The highest BCUT2D eigenvalue weighted by atomic mass is 32.2. The molecule has 24 heavy (non-hydrogen) atoms. The Hall–Kier alpha value is -2.74. The number of nitrogens with zero attached hydrogens (tertiary/aromatic N) is 4. The molecule has 3 aromatic rings. The van der Waals surface area contributed by atoms with Crippen LogP contribution in [0.15, 0.2) is 47.5 Å². The van der Waals surface area contributed by atoms with Crippen LogP contribution in [0, 0.1) is 20.8 Å². The fourth-order valence-corrected chi connectivity index (χ4v) is 3.85. The molecule has 0 unspecified atom stereocenters. The van der Waals surface area contributed by atoms with Crippen LogP contribution in [0.5, 0.6) is 0 Å². The Bertz CT molecular complexity index is 981. The Labute approximate surface area is 140 Å². The van der Waals surface area contributed by atoms with Gasteiger partial charge in [0.1, 0.15) is 4.90 Å². The maximum atomic E-state index is 12.8. The second-order valence-corrected chi connectivity index (χ2v) is 6.99. The summed E-state index contributed by atoms with van der Waals surface area (Å²) < 4.78 is 29.5. The maximum absolute atomic E-state index is 12.8. The van der Waals surface area contributed by atoms with E-state index < -0.39 is 10.0 Å². The van der Waals surface area contributed by atoms with Gasteiger partial charge < -0.3 is 0 Å². The minimum atomic E-state index is -3.84. The van der Waals surface area contributed by atoms with Gasteiger partial charge in [0.05, 0.1) is 17.1 Å². The van der Waals surface area contributed by atoms with Gasteiger partial charge in [0.15, 0.2) is 0 Å². The SMILES string of the molecule is Cc1ccnc(NS(=O)(=O)c2c(C)nn(-c3ccccc3)c2C)n1. The Balaban J connectivity index is 2.04. The first-order chi connectivity index (χ1) is 11.4. The van der Waals surface area contributed by atoms with Gasteiger partial charge in [0.25, 0.3) is 10.0 Å². The van der Waals surface area contributed by atoms with E-state index in [9.17, 15) is 8.42 Å². The van der Waals surface area contributed by atoms with Gasteiger partial charge in [-0.25, -0.2) is 27.8 Å². The second kappa shape index (κ2) is 6.04. The zero-order chi connectivity index (χ0) is 17.3. The molecule has 0 aliphatic rings. The molecule has 0 spiro atoms. The number of hydrogen-bond donors (Lipinski definition) is 1. The molecule has 0 fully saturated rings. The van der Waals surface area contributed by atoms with Crippen molar-refractivity contribution in [2.45, 2.75) is 25.7 Å². The summed E-state index contributed by atoms with van der Waals surface area (Å²) in [5.41, 5.74) is 2.41. The molecule has 124 valence electrons. The molecule has 3 rings (SSSR count). The molecule has 2 aromatic heterocycles. The summed E-state index contributed by atoms with van der Waals surface area (Å²) in [7, 11) is -3.84. The number of aryl methyl sites for hydroxylation is 2. The predicted octanol–water partition coefficient (Wildman–Crippen LogP) is 2.39. The number of sulfonamides is 1. The Morgan fingerprint density at radius 3 is 2.42 bits per heavy atom. The van der Waals surface area contributed by atoms with Crippen LogP contribution in [-0.4, -0.2) is 28.2 Å². The van der Waals surface area contributed by atoms with Gasteiger partial charge in [-0.2, -0.15) is 5.10 Å². The molecular weight excluding hydrogens is 326 g/mol. The lowest BCUT2D eigenvalue weighted by atomic mass is 10.3. The number of aromatic nitrogens is 4. The third kappa shape index (κ3) is 3.00. The summed E-state index contributed by atoms with van der Waals surface area (Å²) >= 11 is 0. The van der Waals surface area contributed by atoms with Crippen LogP contribution in [0.2, 0.25) is 0 Å². The predicted molar refractivity (Wildman–Crippen MR) is 90.6 cm³/mol. The smallest absolute Gasteiger partial charge is 0.247 e. The fraction of sp³-hybridized carbons (Fsp3) is 0.188. The summed E-state index contributed by atoms with van der Waals surface area (Å²) in [4.78, 5) is 8.16. The van der Waals surface area contributed by atoms with Gasteiger partial charge in [0, 0.05) is 11.9 Å². The van der Waals surface area contributed by atoms with Gasteiger partial charge in [0.2, 0.25) is 5.95 Å². The van der Waals surface area contributed by atoms with E-state index in [-0.39, 0.29) is 10.8 Å². The highest BCUT2D eigenvalue weighted by Crippen LogP contribution is 2.23. The van der Waals surface area contributed by atoms with E-state index in [4.69, 9.17) is 0 Å². The van der Waals surface area contributed by atoms with E-state index in [0.29, 0.717) is 17.1 Å². The molecule has 0 radical (unpaired) electrons. The van der Waals surface area contributed by atoms with Crippen molar-refractivity contribution in [1.29, 1.82) is 0 Å². The first-order valence-electron chi connectivity index (χ1n) is 7.32. The number of para-hydroxylation sites is 1. The normalized spacial score (nSPS) is 11.5. The van der Waals surface area contributed by atoms with Gasteiger partial charge in [-0.05, 0) is 39.0 Å². The highest BCUT2D eigenvalue weighted by Gasteiger charge is 2.26. The minimum Gasteiger partial charge on any atom is -0.247 e. The summed E-state index contributed by atoms with van der Waals surface area (Å²) in [5, 5.41) is 4.36. The Morgan fingerprint density at radius 2 is 1.75 bits per heavy atom. The van der Waals surface area contributed by atoms with Crippen molar-refractivity contribution < 1.29 is 8.42 Å². The standard InChI is InChI=1S/C16H17N5O2S/c1-11-9-10-17-16(18-11)20-24(22,23)15-12(2)19-21(13(15)3)14-7-5-4-6-8-14/h4-10H,1-3H3,(H,17,18,20). The lowest BCUT2D eigenvalue weighted by Gasteiger charge is -2.08. The molecular formula is C16H17N5O2S. The Kier molecular flexibility index (Phi) is 4.06. The van der Waals surface area contributed by atoms with Crippen molar-refractivity contribution in [3.8, 4) is 5.69 Å². The van der Waals surface area contributed by atoms with Crippen molar-refractivity contribution >= 4 is 16.0 Å². The molecule has 0 amide bonds. The van der Waals surface area contributed by atoms with E-state index in [1.165, 1.54) is 6.20 Å². The zero-order valence-electron chi connectivity index (χ0n) is 13.6. The molecule has 0 saturated heterocycles. The molecule has 1 N–H and O–H groups in total. The lowest BCUT2D eigenvalue weighted by molar-refractivity contribution is 0.599. The van der Waals surface area contributed by atoms with Crippen LogP contribution in [0.4, 0.5) is 5.95 Å². The molecule has 0 atom stereocenters. The molecule has 1 aromatic carbocycles. The average Bonchev–Trinajstić information content (AvgIpc) is 2.83. The first-order valence-corrected chi connectivity index (χ1v) is 8.81. The molecule has 8 heteroatoms. The van der Waals surface area contributed by atoms with Gasteiger partial charge in [-0.1, -0.05) is 18.2 Å². The van der Waals surface area contributed by atoms with Gasteiger partial charge >= 0.3 is 0 Å². The van der Waals surface area contributed by atoms with Gasteiger partial charge in [-0.15, -0.1) is 0 Å². The van der Waals surface area contributed by atoms with Crippen LogP contribution in [-0.2, 0) is 10.0 Å². The fourth-order valence-electron chi connectivity index (χ4n) is 2.51. The van der Waals surface area contributed by atoms with Crippen LogP contribution in [0.1, 0.15) is 17.1 Å². The highest BCUT2D eigenvalue weighted by molar-refractivity contribution is 7.92. The molecule has 0 saturated carbocycles. The number of hydrogen-bond acceptors (Lipinski definition) is 5. The minimum absolute atomic E-state index is 0.0428. The van der Waals surface area contributed by atoms with Crippen LogP contribution in [0.3, 0.4) is 0 Å². The molecule has 7 nitrogen and oxygen atoms in total. The largest absolute Gasteiger partial charge is 0.267 e. The van der Waals surface area contributed by atoms with E-state index in [0.717, 1.165) is 5.69 Å². The van der Waals surface area contributed by atoms with E-state index in [1.54, 1.807) is 31.5 Å². The van der Waals surface area contributed by atoms with Crippen molar-refractivity contribution in [3.63, 3.8) is 0 Å². The van der Waals surface area contributed by atoms with Crippen molar-refractivity contribution in [2.24, 2.45) is 0 Å². The summed E-state index contributed by atoms with van der Waals surface area (Å²) in [5.74, 6) is 0.0428. The number of benzene rings is 1. The van der Waals surface area contributed by atoms with Crippen LogP contribution < -0.4 is 4.72 Å². The third-order valence-electron chi connectivity index (χ3n) is 3.51. The summed E-state index contributed by atoms with van der Waals surface area (Å²) in [6, 6.07) is 11.1. The third-order valence-corrected chi connectivity index (χ3v) is 5.09. The maximum Gasteiger partial charge on any atom is 0.267 e. The number of rotatable bonds is 4. The second-order valence-electron chi connectivity index (χ2n) is 5.37. The average molecular weight is 343 g/mol. The van der Waals surface area contributed by atoms with Crippen LogP contribution >= 0.6 is 0 Å². The van der Waals surface area contributed by atoms with Crippen molar-refractivity contribution in [3.05, 3.63) is 59.7 Å². The van der Waals surface area contributed by atoms with Crippen molar-refractivity contribution in [1.82, 2.24) is 19.7 Å². The van der Waals surface area contributed by atoms with E-state index in [2.05, 4.69) is 19.8 Å². The Morgan fingerprint density at radius 1 is 1.04 bits per heavy atom. The zero-order valence-corrected chi connectivity index (χ0v) is 14.4. The quantitative estimate of drug-likeness (QED) is 0.785. The molecule has 0 aliphatic carbocycles. The van der Waals surface area contributed by atoms with Crippen LogP contribution in [0.25, 0.3) is 5.69 Å². The lowest BCUT2D eigenvalue weighted by Crippen LogP contribution is -2.17. The summed E-state index contributed by atoms with van der Waals surface area (Å²) in [6.45, 7) is 5.15. The topological polar surface area (TPSA) is 89.8 Å². The molecule has 0 aliphatic heterocycles.